The van der Waals surface area contributed by atoms with Crippen LogP contribution >= 0.6 is 0 Å². The summed E-state index contributed by atoms with van der Waals surface area (Å²) in [5, 5.41) is 0.992. The third kappa shape index (κ3) is 4.05. The van der Waals surface area contributed by atoms with Gasteiger partial charge in [-0.2, -0.15) is 0 Å². The highest BCUT2D eigenvalue weighted by atomic mass is 32.2. The van der Waals surface area contributed by atoms with E-state index in [0.29, 0.717) is 22.8 Å². The quantitative estimate of drug-likeness (QED) is 0.463. The molecule has 0 aliphatic rings. The lowest BCUT2D eigenvalue weighted by Crippen LogP contribution is -2.09. The van der Waals surface area contributed by atoms with Crippen molar-refractivity contribution in [3.05, 3.63) is 96.7 Å². The summed E-state index contributed by atoms with van der Waals surface area (Å²) in [6, 6.07) is 25.6. The molecule has 0 amide bonds. The molecule has 0 bridgehead atoms. The average Bonchev–Trinajstić information content (AvgIpc) is 2.73. The molecule has 0 saturated carbocycles. The van der Waals surface area contributed by atoms with E-state index < -0.39 is 9.84 Å². The Morgan fingerprint density at radius 3 is 2.21 bits per heavy atom. The van der Waals surface area contributed by atoms with Gasteiger partial charge in [-0.25, -0.2) is 8.42 Å². The molecular formula is C23H19NO3S. The molecule has 0 aliphatic carbocycles. The van der Waals surface area contributed by atoms with Crippen LogP contribution in [0.15, 0.2) is 96.0 Å². The second-order valence-corrected chi connectivity index (χ2v) is 8.55. The van der Waals surface area contributed by atoms with Crippen LogP contribution in [0.4, 0.5) is 0 Å². The van der Waals surface area contributed by atoms with E-state index in [4.69, 9.17) is 4.74 Å². The number of pyridine rings is 1. The minimum Gasteiger partial charge on any atom is -0.457 e. The lowest BCUT2D eigenvalue weighted by molar-refractivity contribution is 0.482. The zero-order chi connectivity index (χ0) is 19.4. The molecule has 4 rings (SSSR count). The Labute approximate surface area is 164 Å². The van der Waals surface area contributed by atoms with Crippen molar-refractivity contribution in [1.29, 1.82) is 0 Å². The minimum absolute atomic E-state index is 0.0416. The molecule has 0 radical (unpaired) electrons. The monoisotopic (exact) mass is 389 g/mol. The predicted octanol–water partition coefficient (Wildman–Crippen LogP) is 5.04. The largest absolute Gasteiger partial charge is 0.457 e. The van der Waals surface area contributed by atoms with Crippen molar-refractivity contribution in [3.8, 4) is 11.5 Å². The fraction of sp³-hybridized carbons (Fsp3) is 0.0870. The van der Waals surface area contributed by atoms with Crippen molar-refractivity contribution < 1.29 is 13.2 Å². The topological polar surface area (TPSA) is 56.3 Å². The van der Waals surface area contributed by atoms with Crippen LogP contribution in [0.3, 0.4) is 0 Å². The number of rotatable bonds is 6. The number of aryl methyl sites for hydroxylation is 1. The molecule has 0 aliphatic heterocycles. The fourth-order valence-corrected chi connectivity index (χ4v) is 4.35. The van der Waals surface area contributed by atoms with Gasteiger partial charge in [0.15, 0.2) is 9.84 Å². The van der Waals surface area contributed by atoms with Gasteiger partial charge in [-0.1, -0.05) is 36.4 Å². The maximum atomic E-state index is 12.8. The number of fused-ring (bicyclic) bond motifs is 1. The maximum absolute atomic E-state index is 12.8. The van der Waals surface area contributed by atoms with Crippen molar-refractivity contribution in [1.82, 2.24) is 4.98 Å². The molecule has 0 unspecified atom stereocenters. The zero-order valence-electron chi connectivity index (χ0n) is 15.2. The van der Waals surface area contributed by atoms with Gasteiger partial charge >= 0.3 is 0 Å². The SMILES string of the molecule is O=S(=O)(CCc1ccnc2ccccc12)c1ccc(Oc2ccccc2)cc1. The van der Waals surface area contributed by atoms with Gasteiger partial charge in [0.05, 0.1) is 16.2 Å². The van der Waals surface area contributed by atoms with Crippen molar-refractivity contribution in [3.63, 3.8) is 0 Å². The number of benzene rings is 3. The molecule has 4 aromatic rings. The highest BCUT2D eigenvalue weighted by molar-refractivity contribution is 7.91. The highest BCUT2D eigenvalue weighted by Crippen LogP contribution is 2.24. The number of nitrogens with zero attached hydrogens (tertiary/aromatic N) is 1. The van der Waals surface area contributed by atoms with Crippen molar-refractivity contribution in [2.75, 3.05) is 5.75 Å². The summed E-state index contributed by atoms with van der Waals surface area (Å²) >= 11 is 0. The Morgan fingerprint density at radius 1 is 0.750 bits per heavy atom. The summed E-state index contributed by atoms with van der Waals surface area (Å²) in [4.78, 5) is 4.62. The molecular weight excluding hydrogens is 370 g/mol. The van der Waals surface area contributed by atoms with E-state index in [0.717, 1.165) is 16.5 Å². The number of aromatic nitrogens is 1. The molecule has 1 heterocycles. The predicted molar refractivity (Wildman–Crippen MR) is 110 cm³/mol. The average molecular weight is 389 g/mol. The first-order valence-corrected chi connectivity index (χ1v) is 10.7. The van der Waals surface area contributed by atoms with Crippen LogP contribution in [0.1, 0.15) is 5.56 Å². The van der Waals surface area contributed by atoms with Gasteiger partial charge in [-0.3, -0.25) is 4.98 Å². The number of ether oxygens (including phenoxy) is 1. The number of sulfone groups is 1. The number of para-hydroxylation sites is 2. The normalized spacial score (nSPS) is 11.4. The van der Waals surface area contributed by atoms with Crippen molar-refractivity contribution >= 4 is 20.7 Å². The zero-order valence-corrected chi connectivity index (χ0v) is 16.0. The van der Waals surface area contributed by atoms with Gasteiger partial charge in [0, 0.05) is 11.6 Å². The Bertz CT molecular complexity index is 1180. The Balaban J connectivity index is 1.49. The molecule has 5 heteroatoms. The van der Waals surface area contributed by atoms with E-state index in [1.807, 2.05) is 60.7 Å². The molecule has 0 spiro atoms. The third-order valence-electron chi connectivity index (χ3n) is 4.54. The van der Waals surface area contributed by atoms with E-state index in [1.165, 1.54) is 0 Å². The second kappa shape index (κ2) is 7.82. The summed E-state index contributed by atoms with van der Waals surface area (Å²) in [6.07, 6.45) is 2.16. The first-order chi connectivity index (χ1) is 13.6. The van der Waals surface area contributed by atoms with Crippen LogP contribution < -0.4 is 4.74 Å². The van der Waals surface area contributed by atoms with Crippen LogP contribution in [-0.2, 0) is 16.3 Å². The fourth-order valence-electron chi connectivity index (χ4n) is 3.07. The van der Waals surface area contributed by atoms with E-state index in [1.54, 1.807) is 30.5 Å². The van der Waals surface area contributed by atoms with E-state index in [2.05, 4.69) is 4.98 Å². The summed E-state index contributed by atoms with van der Waals surface area (Å²) in [5.41, 5.74) is 1.86. The number of hydrogen-bond donors (Lipinski definition) is 0. The summed E-state index contributed by atoms with van der Waals surface area (Å²) in [6.45, 7) is 0. The molecule has 0 saturated heterocycles. The van der Waals surface area contributed by atoms with Gasteiger partial charge in [-0.05, 0) is 60.5 Å². The van der Waals surface area contributed by atoms with Gasteiger partial charge in [0.25, 0.3) is 0 Å². The molecule has 28 heavy (non-hydrogen) atoms. The van der Waals surface area contributed by atoms with Crippen LogP contribution in [0, 0.1) is 0 Å². The smallest absolute Gasteiger partial charge is 0.178 e. The minimum atomic E-state index is -3.39. The lowest BCUT2D eigenvalue weighted by atomic mass is 10.1. The van der Waals surface area contributed by atoms with Crippen LogP contribution in [0.25, 0.3) is 10.9 Å². The second-order valence-electron chi connectivity index (χ2n) is 6.44. The Morgan fingerprint density at radius 2 is 1.43 bits per heavy atom. The van der Waals surface area contributed by atoms with Crippen LogP contribution in [-0.4, -0.2) is 19.2 Å². The molecule has 0 N–H and O–H groups in total. The molecule has 0 atom stereocenters. The summed E-state index contributed by atoms with van der Waals surface area (Å²) < 4.78 is 31.2. The molecule has 1 aromatic heterocycles. The first-order valence-electron chi connectivity index (χ1n) is 9.00. The van der Waals surface area contributed by atoms with E-state index in [9.17, 15) is 8.42 Å². The van der Waals surface area contributed by atoms with Crippen LogP contribution in [0.5, 0.6) is 11.5 Å². The highest BCUT2D eigenvalue weighted by Gasteiger charge is 2.15. The first kappa shape index (κ1) is 18.2. The van der Waals surface area contributed by atoms with Crippen LogP contribution in [0.2, 0.25) is 0 Å². The number of hydrogen-bond acceptors (Lipinski definition) is 4. The standard InChI is InChI=1S/C23H19NO3S/c25-28(26,17-15-18-14-16-24-23-9-5-4-8-22(18)23)21-12-10-20(11-13-21)27-19-6-2-1-3-7-19/h1-14,16H,15,17H2. The summed E-state index contributed by atoms with van der Waals surface area (Å²) in [7, 11) is -3.39. The molecule has 3 aromatic carbocycles. The van der Waals surface area contributed by atoms with Gasteiger partial charge in [0.2, 0.25) is 0 Å². The Kier molecular flexibility index (Phi) is 5.08. The van der Waals surface area contributed by atoms with E-state index in [-0.39, 0.29) is 5.75 Å². The molecule has 4 nitrogen and oxygen atoms in total. The van der Waals surface area contributed by atoms with E-state index >= 15 is 0 Å². The summed E-state index contributed by atoms with van der Waals surface area (Å²) in [5.74, 6) is 1.35. The van der Waals surface area contributed by atoms with Gasteiger partial charge in [0.1, 0.15) is 11.5 Å². The lowest BCUT2D eigenvalue weighted by Gasteiger charge is -2.09. The third-order valence-corrected chi connectivity index (χ3v) is 6.27. The maximum Gasteiger partial charge on any atom is 0.178 e. The molecule has 140 valence electrons. The van der Waals surface area contributed by atoms with Crippen molar-refractivity contribution in [2.24, 2.45) is 0 Å². The van der Waals surface area contributed by atoms with Crippen molar-refractivity contribution in [2.45, 2.75) is 11.3 Å². The van der Waals surface area contributed by atoms with Gasteiger partial charge in [-0.15, -0.1) is 0 Å². The Hall–Kier alpha value is -3.18. The molecule has 0 fully saturated rings. The van der Waals surface area contributed by atoms with Gasteiger partial charge < -0.3 is 4.74 Å².